The van der Waals surface area contributed by atoms with Gasteiger partial charge in [0.15, 0.2) is 5.78 Å². The van der Waals surface area contributed by atoms with Crippen LogP contribution in [0.2, 0.25) is 0 Å². The number of carbonyl (C=O) groups excluding carboxylic acids is 2. The van der Waals surface area contributed by atoms with Crippen LogP contribution in [0.3, 0.4) is 0 Å². The van der Waals surface area contributed by atoms with Crippen LogP contribution in [0.15, 0.2) is 88.5 Å². The number of anilines is 1. The average molecular weight is 532 g/mol. The van der Waals surface area contributed by atoms with Gasteiger partial charge in [0.2, 0.25) is 11.8 Å². The highest BCUT2D eigenvalue weighted by molar-refractivity contribution is 7.99. The van der Waals surface area contributed by atoms with E-state index in [1.54, 1.807) is 36.4 Å². The molecule has 190 valence electrons. The zero-order valence-electron chi connectivity index (χ0n) is 19.3. The lowest BCUT2D eigenvalue weighted by Crippen LogP contribution is -2.14. The second-order valence-corrected chi connectivity index (χ2v) is 8.53. The fourth-order valence-electron chi connectivity index (χ4n) is 3.24. The van der Waals surface area contributed by atoms with Gasteiger partial charge in [0, 0.05) is 35.0 Å². The van der Waals surface area contributed by atoms with E-state index in [0.717, 1.165) is 11.8 Å². The summed E-state index contributed by atoms with van der Waals surface area (Å²) >= 11 is 0.992. The van der Waals surface area contributed by atoms with E-state index >= 15 is 0 Å². The van der Waals surface area contributed by atoms with E-state index < -0.39 is 9.85 Å². The van der Waals surface area contributed by atoms with E-state index in [2.05, 4.69) is 15.5 Å². The van der Waals surface area contributed by atoms with Gasteiger partial charge in [-0.3, -0.25) is 29.8 Å². The van der Waals surface area contributed by atoms with Gasteiger partial charge in [-0.2, -0.15) is 0 Å². The second kappa shape index (κ2) is 11.7. The molecule has 0 aliphatic rings. The molecule has 0 aliphatic heterocycles. The Bertz CT molecular complexity index is 1550. The Labute approximate surface area is 218 Å². The van der Waals surface area contributed by atoms with Crippen LogP contribution in [0, 0.1) is 20.2 Å². The molecule has 0 unspecified atom stereocenters. The van der Waals surface area contributed by atoms with Gasteiger partial charge >= 0.3 is 0 Å². The molecule has 0 aliphatic carbocycles. The maximum Gasteiger partial charge on any atom is 0.277 e. The molecule has 3 aromatic carbocycles. The molecule has 0 saturated carbocycles. The summed E-state index contributed by atoms with van der Waals surface area (Å²) in [5.74, 6) is -0.670. The van der Waals surface area contributed by atoms with Crippen LogP contribution < -0.4 is 5.32 Å². The monoisotopic (exact) mass is 531 g/mol. The fraction of sp³-hybridized carbons (Fsp3) is 0.0400. The van der Waals surface area contributed by atoms with Crippen molar-refractivity contribution in [2.75, 3.05) is 11.1 Å². The Hall–Kier alpha value is -5.17. The molecular formula is C25H17N5O7S. The third kappa shape index (κ3) is 6.53. The van der Waals surface area contributed by atoms with Crippen molar-refractivity contribution in [3.05, 3.63) is 110 Å². The van der Waals surface area contributed by atoms with Crippen molar-refractivity contribution in [3.63, 3.8) is 0 Å². The minimum absolute atomic E-state index is 0.0458. The lowest BCUT2D eigenvalue weighted by Gasteiger charge is -2.05. The largest absolute Gasteiger partial charge is 0.411 e. The summed E-state index contributed by atoms with van der Waals surface area (Å²) in [5.41, 5.74) is 1.27. The number of non-ortho nitro benzene ring substituents is 1. The first-order valence-corrected chi connectivity index (χ1v) is 11.9. The van der Waals surface area contributed by atoms with Crippen molar-refractivity contribution in [3.8, 4) is 11.5 Å². The number of allylic oxidation sites excluding steroid dienone is 1. The van der Waals surface area contributed by atoms with Gasteiger partial charge in [0.1, 0.15) is 0 Å². The number of amides is 1. The molecule has 4 rings (SSSR count). The van der Waals surface area contributed by atoms with E-state index in [-0.39, 0.29) is 39.9 Å². The first-order valence-electron chi connectivity index (χ1n) is 10.9. The van der Waals surface area contributed by atoms with Crippen molar-refractivity contribution in [1.29, 1.82) is 0 Å². The molecule has 38 heavy (non-hydrogen) atoms. The molecule has 12 nitrogen and oxygen atoms in total. The van der Waals surface area contributed by atoms with Gasteiger partial charge < -0.3 is 9.73 Å². The number of carbonyl (C=O) groups is 2. The van der Waals surface area contributed by atoms with E-state index in [1.807, 2.05) is 0 Å². The molecule has 1 heterocycles. The summed E-state index contributed by atoms with van der Waals surface area (Å²) in [6.07, 6.45) is 2.63. The number of hydrogen-bond donors (Lipinski definition) is 1. The molecule has 0 atom stereocenters. The van der Waals surface area contributed by atoms with Crippen LogP contribution in [-0.2, 0) is 4.79 Å². The maximum absolute atomic E-state index is 12.4. The minimum atomic E-state index is -0.530. The number of thioether (sulfide) groups is 1. The second-order valence-electron chi connectivity index (χ2n) is 7.61. The zero-order valence-corrected chi connectivity index (χ0v) is 20.2. The predicted octanol–water partition coefficient (Wildman–Crippen LogP) is 5.18. The Kier molecular flexibility index (Phi) is 7.98. The molecule has 0 radical (unpaired) electrons. The molecule has 13 heteroatoms. The van der Waals surface area contributed by atoms with Crippen molar-refractivity contribution < 1.29 is 23.9 Å². The van der Waals surface area contributed by atoms with Crippen LogP contribution in [0.1, 0.15) is 15.9 Å². The number of nitro groups is 2. The first kappa shape index (κ1) is 25.9. The molecular weight excluding hydrogens is 514 g/mol. The van der Waals surface area contributed by atoms with Gasteiger partial charge in [-0.15, -0.1) is 10.2 Å². The minimum Gasteiger partial charge on any atom is -0.411 e. The fourth-order valence-corrected chi connectivity index (χ4v) is 3.80. The van der Waals surface area contributed by atoms with Gasteiger partial charge in [0.05, 0.1) is 21.2 Å². The van der Waals surface area contributed by atoms with Crippen LogP contribution in [0.5, 0.6) is 0 Å². The number of hydrogen-bond acceptors (Lipinski definition) is 10. The highest BCUT2D eigenvalue weighted by atomic mass is 32.2. The number of aromatic nitrogens is 2. The highest BCUT2D eigenvalue weighted by Crippen LogP contribution is 2.26. The molecule has 1 amide bonds. The molecule has 1 aromatic heterocycles. The van der Waals surface area contributed by atoms with Crippen LogP contribution in [0.25, 0.3) is 17.5 Å². The SMILES string of the molecule is O=C(CSc1nnc(-c2cccc([N+](=O)[O-])c2)o1)Nc1ccc(C(=O)/C=C\c2ccccc2[N+](=O)[O-])cc1. The maximum atomic E-state index is 12.4. The summed E-state index contributed by atoms with van der Waals surface area (Å²) in [4.78, 5) is 45.7. The number of benzene rings is 3. The number of ketones is 1. The molecule has 0 fully saturated rings. The number of nitrogens with one attached hydrogen (secondary N) is 1. The van der Waals surface area contributed by atoms with Crippen molar-refractivity contribution >= 4 is 46.6 Å². The highest BCUT2D eigenvalue weighted by Gasteiger charge is 2.15. The number of para-hydroxylation sites is 1. The van der Waals surface area contributed by atoms with E-state index in [4.69, 9.17) is 4.42 Å². The van der Waals surface area contributed by atoms with Crippen molar-refractivity contribution in [2.45, 2.75) is 5.22 Å². The molecule has 0 bridgehead atoms. The summed E-state index contributed by atoms with van der Waals surface area (Å²) < 4.78 is 5.48. The van der Waals surface area contributed by atoms with Crippen LogP contribution >= 0.6 is 11.8 Å². The quantitative estimate of drug-likeness (QED) is 0.0944. The van der Waals surface area contributed by atoms with Gasteiger partial charge in [0.25, 0.3) is 16.6 Å². The van der Waals surface area contributed by atoms with E-state index in [9.17, 15) is 29.8 Å². The number of nitrogens with zero attached hydrogens (tertiary/aromatic N) is 4. The Morgan fingerprint density at radius 1 is 0.947 bits per heavy atom. The number of nitro benzene ring substituents is 2. The van der Waals surface area contributed by atoms with Gasteiger partial charge in [-0.1, -0.05) is 30.0 Å². The molecule has 0 saturated heterocycles. The molecule has 4 aromatic rings. The van der Waals surface area contributed by atoms with Crippen LogP contribution in [-0.4, -0.2) is 37.5 Å². The molecule has 1 N–H and O–H groups in total. The predicted molar refractivity (Wildman–Crippen MR) is 139 cm³/mol. The number of rotatable bonds is 10. The lowest BCUT2D eigenvalue weighted by atomic mass is 10.1. The third-order valence-corrected chi connectivity index (χ3v) is 5.86. The summed E-state index contributed by atoms with van der Waals surface area (Å²) in [5, 5.41) is 32.5. The lowest BCUT2D eigenvalue weighted by molar-refractivity contribution is -0.385. The van der Waals surface area contributed by atoms with Gasteiger partial charge in [-0.25, -0.2) is 0 Å². The van der Waals surface area contributed by atoms with Crippen LogP contribution in [0.4, 0.5) is 17.1 Å². The van der Waals surface area contributed by atoms with Crippen molar-refractivity contribution in [1.82, 2.24) is 10.2 Å². The summed E-state index contributed by atoms with van der Waals surface area (Å²) in [6, 6.07) is 18.0. The molecule has 0 spiro atoms. The normalized spacial score (nSPS) is 10.8. The standard InChI is InChI=1S/C25H17N5O7S/c31-22(13-10-16-4-1-2-7-21(16)30(35)36)17-8-11-19(12-9-17)26-23(32)15-38-25-28-27-24(37-25)18-5-3-6-20(14-18)29(33)34/h1-14H,15H2,(H,26,32)/b13-10-. The smallest absolute Gasteiger partial charge is 0.277 e. The average Bonchev–Trinajstić information content (AvgIpc) is 3.40. The summed E-state index contributed by atoms with van der Waals surface area (Å²) in [6.45, 7) is 0. The van der Waals surface area contributed by atoms with Gasteiger partial charge in [-0.05, 0) is 48.6 Å². The Balaban J connectivity index is 1.31. The third-order valence-electron chi connectivity index (χ3n) is 5.04. The topological polar surface area (TPSA) is 171 Å². The first-order chi connectivity index (χ1) is 18.3. The van der Waals surface area contributed by atoms with E-state index in [0.29, 0.717) is 22.4 Å². The zero-order chi connectivity index (χ0) is 27.1. The Morgan fingerprint density at radius 2 is 1.71 bits per heavy atom. The van der Waals surface area contributed by atoms with E-state index in [1.165, 1.54) is 48.6 Å². The Morgan fingerprint density at radius 3 is 2.45 bits per heavy atom. The summed E-state index contributed by atoms with van der Waals surface area (Å²) in [7, 11) is 0. The van der Waals surface area contributed by atoms with Crippen molar-refractivity contribution in [2.24, 2.45) is 0 Å².